The highest BCUT2D eigenvalue weighted by Crippen LogP contribution is 2.32. The molecule has 156 valence electrons. The number of rotatable bonds is 4. The highest BCUT2D eigenvalue weighted by molar-refractivity contribution is 5.95. The van der Waals surface area contributed by atoms with Crippen molar-refractivity contribution >= 4 is 11.8 Å². The second-order valence-electron chi connectivity index (χ2n) is 7.88. The summed E-state index contributed by atoms with van der Waals surface area (Å²) >= 11 is 0. The summed E-state index contributed by atoms with van der Waals surface area (Å²) < 4.78 is 6.98. The number of nitrogens with zero attached hydrogens (tertiary/aromatic N) is 5. The molecule has 0 saturated carbocycles. The van der Waals surface area contributed by atoms with Gasteiger partial charge in [0.2, 0.25) is 5.91 Å². The van der Waals surface area contributed by atoms with Crippen LogP contribution in [0.15, 0.2) is 6.20 Å². The second kappa shape index (κ2) is 7.94. The van der Waals surface area contributed by atoms with Crippen LogP contribution in [0.5, 0.6) is 0 Å². The van der Waals surface area contributed by atoms with Crippen molar-refractivity contribution in [3.05, 3.63) is 29.1 Å². The van der Waals surface area contributed by atoms with Crippen LogP contribution in [0.3, 0.4) is 0 Å². The van der Waals surface area contributed by atoms with E-state index in [1.54, 1.807) is 22.8 Å². The number of carbonyl (C=O) groups excluding carboxylic acids is 2. The Morgan fingerprint density at radius 3 is 2.66 bits per heavy atom. The molecule has 10 nitrogen and oxygen atoms in total. The molecule has 2 aliphatic heterocycles. The lowest BCUT2D eigenvalue weighted by atomic mass is 9.99. The minimum atomic E-state index is -0.299. The topological polar surface area (TPSA) is 118 Å². The van der Waals surface area contributed by atoms with E-state index >= 15 is 0 Å². The summed E-state index contributed by atoms with van der Waals surface area (Å²) in [5.74, 6) is 1.15. The van der Waals surface area contributed by atoms with Gasteiger partial charge in [0.25, 0.3) is 5.91 Å². The van der Waals surface area contributed by atoms with Crippen molar-refractivity contribution in [1.82, 2.24) is 35.2 Å². The van der Waals surface area contributed by atoms with Crippen molar-refractivity contribution in [3.63, 3.8) is 0 Å². The Labute approximate surface area is 169 Å². The van der Waals surface area contributed by atoms with Crippen molar-refractivity contribution in [2.75, 3.05) is 19.8 Å². The molecule has 2 fully saturated rings. The number of aromatic nitrogens is 5. The average molecular weight is 401 g/mol. The van der Waals surface area contributed by atoms with E-state index in [1.807, 2.05) is 13.8 Å². The number of H-pyrrole nitrogens is 1. The molecule has 0 aliphatic carbocycles. The van der Waals surface area contributed by atoms with Crippen LogP contribution >= 0.6 is 0 Å². The molecule has 2 atom stereocenters. The summed E-state index contributed by atoms with van der Waals surface area (Å²) in [5, 5.41) is 14.5. The van der Waals surface area contributed by atoms with E-state index in [2.05, 4.69) is 25.6 Å². The van der Waals surface area contributed by atoms with Gasteiger partial charge in [-0.15, -0.1) is 0 Å². The molecular formula is C19H27N7O3. The third-order valence-electron chi connectivity index (χ3n) is 5.66. The number of aryl methyl sites for hydroxylation is 3. The third-order valence-corrected chi connectivity index (χ3v) is 5.66. The molecule has 2 amide bonds. The van der Waals surface area contributed by atoms with E-state index in [0.29, 0.717) is 49.1 Å². The van der Waals surface area contributed by atoms with Crippen molar-refractivity contribution in [2.24, 2.45) is 13.0 Å². The van der Waals surface area contributed by atoms with E-state index in [9.17, 15) is 9.59 Å². The second-order valence-corrected chi connectivity index (χ2v) is 7.88. The first-order chi connectivity index (χ1) is 13.9. The fourth-order valence-corrected chi connectivity index (χ4v) is 4.16. The maximum Gasteiger partial charge on any atom is 0.258 e. The lowest BCUT2D eigenvalue weighted by Crippen LogP contribution is -2.42. The van der Waals surface area contributed by atoms with E-state index in [1.165, 1.54) is 0 Å². The van der Waals surface area contributed by atoms with Crippen LogP contribution in [0.25, 0.3) is 0 Å². The number of hydrogen-bond acceptors (Lipinski definition) is 6. The summed E-state index contributed by atoms with van der Waals surface area (Å²) in [6, 6.07) is -0.442. The first-order valence-electron chi connectivity index (χ1n) is 10.0. The number of aromatic amines is 1. The fourth-order valence-electron chi connectivity index (χ4n) is 4.16. The van der Waals surface area contributed by atoms with Crippen LogP contribution in [-0.4, -0.2) is 67.5 Å². The Hall–Kier alpha value is -2.75. The lowest BCUT2D eigenvalue weighted by molar-refractivity contribution is -0.128. The summed E-state index contributed by atoms with van der Waals surface area (Å²) in [6.07, 6.45) is 3.78. The molecular weight excluding hydrogens is 374 g/mol. The zero-order valence-electron chi connectivity index (χ0n) is 17.0. The summed E-state index contributed by atoms with van der Waals surface area (Å²) in [4.78, 5) is 32.2. The molecule has 0 unspecified atom stereocenters. The Morgan fingerprint density at radius 1 is 1.28 bits per heavy atom. The number of nitrogens with one attached hydrogen (secondary N) is 2. The van der Waals surface area contributed by atoms with Crippen molar-refractivity contribution < 1.29 is 14.3 Å². The standard InChI is InChI=1S/C19H27N7O3/c1-11-15(10-25(3)24-11)19(28)26-9-14(8-16(26)17-20-12(2)22-23-17)21-18(27)13-4-6-29-7-5-13/h10,13-14,16H,4-9H2,1-3H3,(H,21,27)(H,20,22,23)/t14-,16-/m0/s1. The van der Waals surface area contributed by atoms with Gasteiger partial charge >= 0.3 is 0 Å². The molecule has 10 heteroatoms. The maximum absolute atomic E-state index is 13.3. The van der Waals surface area contributed by atoms with Gasteiger partial charge in [0, 0.05) is 45.0 Å². The predicted molar refractivity (Wildman–Crippen MR) is 103 cm³/mol. The zero-order valence-corrected chi connectivity index (χ0v) is 17.0. The minimum absolute atomic E-state index is 0.0294. The number of carbonyl (C=O) groups is 2. The van der Waals surface area contributed by atoms with Gasteiger partial charge in [-0.25, -0.2) is 4.98 Å². The lowest BCUT2D eigenvalue weighted by Gasteiger charge is -2.23. The molecule has 0 aromatic carbocycles. The van der Waals surface area contributed by atoms with Gasteiger partial charge in [-0.1, -0.05) is 0 Å². The van der Waals surface area contributed by atoms with Gasteiger partial charge in [0.1, 0.15) is 5.82 Å². The number of ether oxygens (including phenoxy) is 1. The van der Waals surface area contributed by atoms with Gasteiger partial charge in [0.05, 0.1) is 17.3 Å². The largest absolute Gasteiger partial charge is 0.381 e. The molecule has 0 radical (unpaired) electrons. The van der Waals surface area contributed by atoms with Crippen LogP contribution in [0.4, 0.5) is 0 Å². The van der Waals surface area contributed by atoms with E-state index in [4.69, 9.17) is 4.74 Å². The molecule has 4 rings (SSSR count). The number of likely N-dealkylation sites (tertiary alicyclic amines) is 1. The maximum atomic E-state index is 13.3. The molecule has 29 heavy (non-hydrogen) atoms. The van der Waals surface area contributed by atoms with E-state index in [-0.39, 0.29) is 29.8 Å². The summed E-state index contributed by atoms with van der Waals surface area (Å²) in [7, 11) is 1.79. The Bertz CT molecular complexity index is 900. The molecule has 2 aromatic rings. The summed E-state index contributed by atoms with van der Waals surface area (Å²) in [5.41, 5.74) is 1.23. The predicted octanol–water partition coefficient (Wildman–Crippen LogP) is 0.654. The minimum Gasteiger partial charge on any atom is -0.381 e. The van der Waals surface area contributed by atoms with Crippen molar-refractivity contribution in [2.45, 2.75) is 45.2 Å². The van der Waals surface area contributed by atoms with Crippen molar-refractivity contribution in [3.8, 4) is 0 Å². The fraction of sp³-hybridized carbons (Fsp3) is 0.632. The Morgan fingerprint density at radius 2 is 2.03 bits per heavy atom. The molecule has 2 aromatic heterocycles. The average Bonchev–Trinajstić information content (AvgIpc) is 3.40. The van der Waals surface area contributed by atoms with E-state index < -0.39 is 0 Å². The van der Waals surface area contributed by atoms with Crippen LogP contribution < -0.4 is 5.32 Å². The normalized spacial score (nSPS) is 22.8. The zero-order chi connectivity index (χ0) is 20.5. The van der Waals surface area contributed by atoms with Crippen molar-refractivity contribution in [1.29, 1.82) is 0 Å². The first kappa shape index (κ1) is 19.6. The van der Waals surface area contributed by atoms with Crippen LogP contribution in [0.2, 0.25) is 0 Å². The van der Waals surface area contributed by atoms with Gasteiger partial charge < -0.3 is 15.0 Å². The molecule has 2 aliphatic rings. The van der Waals surface area contributed by atoms with E-state index in [0.717, 1.165) is 12.8 Å². The summed E-state index contributed by atoms with van der Waals surface area (Å²) in [6.45, 7) is 5.30. The smallest absolute Gasteiger partial charge is 0.258 e. The van der Waals surface area contributed by atoms with Gasteiger partial charge in [0.15, 0.2) is 5.82 Å². The highest BCUT2D eigenvalue weighted by atomic mass is 16.5. The quantitative estimate of drug-likeness (QED) is 0.777. The molecule has 2 saturated heterocycles. The van der Waals surface area contributed by atoms with Gasteiger partial charge in [-0.3, -0.25) is 19.4 Å². The molecule has 4 heterocycles. The van der Waals surface area contributed by atoms with Gasteiger partial charge in [-0.2, -0.15) is 10.2 Å². The number of amides is 2. The SMILES string of the molecule is Cc1nc([C@@H]2C[C@H](NC(=O)C3CCOCC3)CN2C(=O)c2cn(C)nc2C)n[nH]1. The number of hydrogen-bond donors (Lipinski definition) is 2. The van der Waals surface area contributed by atoms with Crippen LogP contribution in [0, 0.1) is 19.8 Å². The van der Waals surface area contributed by atoms with Crippen LogP contribution in [0.1, 0.15) is 53.0 Å². The first-order valence-corrected chi connectivity index (χ1v) is 10.0. The van der Waals surface area contributed by atoms with Gasteiger partial charge in [-0.05, 0) is 33.1 Å². The Kier molecular flexibility index (Phi) is 5.35. The molecule has 2 N–H and O–H groups in total. The molecule has 0 spiro atoms. The highest BCUT2D eigenvalue weighted by Gasteiger charge is 2.40. The van der Waals surface area contributed by atoms with Crippen LogP contribution in [-0.2, 0) is 16.6 Å². The molecule has 0 bridgehead atoms. The third kappa shape index (κ3) is 4.02. The Balaban J connectivity index is 1.53. The monoisotopic (exact) mass is 401 g/mol.